The molecular weight excluding hydrogens is 767 g/mol. The van der Waals surface area contributed by atoms with Crippen LogP contribution in [0.4, 0.5) is 17.1 Å². The minimum atomic E-state index is 0.380. The zero-order chi connectivity index (χ0) is 42.1. The summed E-state index contributed by atoms with van der Waals surface area (Å²) in [5.74, 6) is 0. The van der Waals surface area contributed by atoms with E-state index in [1.54, 1.807) is 0 Å². The van der Waals surface area contributed by atoms with Crippen LogP contribution in [0.1, 0.15) is 29.2 Å². The van der Waals surface area contributed by atoms with Gasteiger partial charge in [-0.15, -0.1) is 11.8 Å². The van der Waals surface area contributed by atoms with Crippen LogP contribution >= 0.6 is 11.8 Å². The summed E-state index contributed by atoms with van der Waals surface area (Å²) in [6.45, 7) is 4.43. The lowest BCUT2D eigenvalue weighted by Crippen LogP contribution is -2.09. The van der Waals surface area contributed by atoms with E-state index in [-0.39, 0.29) is 0 Å². The first kappa shape index (κ1) is 40.3. The molecule has 300 valence electrons. The van der Waals surface area contributed by atoms with Crippen LogP contribution in [-0.2, 0) is 6.42 Å². The first-order valence-electron chi connectivity index (χ1n) is 21.5. The van der Waals surface area contributed by atoms with Gasteiger partial charge in [-0.25, -0.2) is 0 Å². The predicted molar refractivity (Wildman–Crippen MR) is 269 cm³/mol. The Morgan fingerprint density at radius 3 is 1.66 bits per heavy atom. The highest BCUT2D eigenvalue weighted by Gasteiger charge is 2.17. The van der Waals surface area contributed by atoms with Gasteiger partial charge in [0.15, 0.2) is 0 Å². The number of rotatable bonds is 10. The molecule has 1 aliphatic heterocycles. The monoisotopic (exact) mass is 815 g/mol. The summed E-state index contributed by atoms with van der Waals surface area (Å²) in [6.07, 6.45) is 18.5. The highest BCUT2D eigenvalue weighted by Crippen LogP contribution is 2.41. The minimum absolute atomic E-state index is 0.380. The Hall–Kier alpha value is -7.13. The van der Waals surface area contributed by atoms with Gasteiger partial charge in [0, 0.05) is 27.2 Å². The van der Waals surface area contributed by atoms with Gasteiger partial charge in [-0.3, -0.25) is 0 Å². The Balaban J connectivity index is 1.06. The molecule has 0 amide bonds. The van der Waals surface area contributed by atoms with E-state index in [2.05, 4.69) is 261 Å². The summed E-state index contributed by atoms with van der Waals surface area (Å²) in [4.78, 5) is 3.73. The summed E-state index contributed by atoms with van der Waals surface area (Å²) in [7, 11) is 0. The van der Waals surface area contributed by atoms with E-state index in [0.29, 0.717) is 5.25 Å². The lowest BCUT2D eigenvalue weighted by atomic mass is 9.94. The van der Waals surface area contributed by atoms with Crippen molar-refractivity contribution in [2.24, 2.45) is 0 Å². The zero-order valence-electron chi connectivity index (χ0n) is 35.2. The van der Waals surface area contributed by atoms with Gasteiger partial charge in [-0.1, -0.05) is 200 Å². The van der Waals surface area contributed by atoms with E-state index in [4.69, 9.17) is 0 Å². The topological polar surface area (TPSA) is 3.24 Å². The number of aryl methyl sites for hydroxylation is 1. The Bertz CT molecular complexity index is 2880. The molecule has 0 spiro atoms. The normalized spacial score (nSPS) is 14.8. The third-order valence-corrected chi connectivity index (χ3v) is 12.7. The van der Waals surface area contributed by atoms with E-state index < -0.39 is 0 Å². The second kappa shape index (κ2) is 19.1. The molecule has 0 aliphatic carbocycles. The Labute approximate surface area is 371 Å². The number of thioether (sulfide) groups is 1. The number of anilines is 3. The average molecular weight is 816 g/mol. The van der Waals surface area contributed by atoms with Crippen molar-refractivity contribution in [2.45, 2.75) is 30.4 Å². The fraction of sp³-hybridized carbons (Fsp3) is 0.0667. The lowest BCUT2D eigenvalue weighted by Gasteiger charge is -2.26. The van der Waals surface area contributed by atoms with Gasteiger partial charge in [-0.05, 0) is 129 Å². The average Bonchev–Trinajstić information content (AvgIpc) is 3.42. The van der Waals surface area contributed by atoms with Crippen molar-refractivity contribution in [3.05, 3.63) is 253 Å². The van der Waals surface area contributed by atoms with Crippen molar-refractivity contribution in [3.63, 3.8) is 0 Å². The van der Waals surface area contributed by atoms with Crippen LogP contribution in [0.2, 0.25) is 0 Å². The maximum absolute atomic E-state index is 2.36. The first-order valence-corrected chi connectivity index (χ1v) is 22.3. The van der Waals surface area contributed by atoms with Crippen LogP contribution in [0.3, 0.4) is 0 Å². The fourth-order valence-electron chi connectivity index (χ4n) is 8.16. The van der Waals surface area contributed by atoms with Gasteiger partial charge < -0.3 is 4.90 Å². The maximum Gasteiger partial charge on any atom is 0.0462 e. The van der Waals surface area contributed by atoms with Crippen LogP contribution in [0.25, 0.3) is 56.7 Å². The second-order valence-electron chi connectivity index (χ2n) is 15.7. The number of nitrogens with zero attached hydrogens (tertiary/aromatic N) is 1. The van der Waals surface area contributed by atoms with Crippen LogP contribution < -0.4 is 4.90 Å². The van der Waals surface area contributed by atoms with Crippen molar-refractivity contribution in [3.8, 4) is 44.5 Å². The number of allylic oxidation sites excluding steroid dienone is 5. The van der Waals surface area contributed by atoms with Crippen LogP contribution in [0, 0.1) is 6.92 Å². The van der Waals surface area contributed by atoms with E-state index in [1.807, 2.05) is 11.8 Å². The van der Waals surface area contributed by atoms with Gasteiger partial charge in [0.25, 0.3) is 0 Å². The van der Waals surface area contributed by atoms with E-state index in [1.165, 1.54) is 71.7 Å². The van der Waals surface area contributed by atoms with E-state index >= 15 is 0 Å². The SMILES string of the molecule is Cc1ccccc1/C=C\C=C\c1cc(-c2ccc(N(c3ccc(-c4ccccc4)cc3)c3ccc(-c4cccc5c4SC(C)/C=C\C=C/C5)cc3)cc2)ccc1-c1ccccc1. The zero-order valence-corrected chi connectivity index (χ0v) is 36.1. The summed E-state index contributed by atoms with van der Waals surface area (Å²) >= 11 is 1.94. The van der Waals surface area contributed by atoms with E-state index in [0.717, 1.165) is 23.5 Å². The maximum atomic E-state index is 2.36. The molecular formula is C60H49NS. The van der Waals surface area contributed by atoms with Gasteiger partial charge in [0.1, 0.15) is 0 Å². The summed E-state index contributed by atoms with van der Waals surface area (Å²) < 4.78 is 0. The summed E-state index contributed by atoms with van der Waals surface area (Å²) in [5, 5.41) is 0.380. The third-order valence-electron chi connectivity index (χ3n) is 11.5. The van der Waals surface area contributed by atoms with Crippen molar-refractivity contribution >= 4 is 41.0 Å². The van der Waals surface area contributed by atoms with E-state index in [9.17, 15) is 0 Å². The number of hydrogen-bond acceptors (Lipinski definition) is 2. The molecule has 0 saturated carbocycles. The molecule has 2 heteroatoms. The van der Waals surface area contributed by atoms with Gasteiger partial charge >= 0.3 is 0 Å². The molecule has 0 N–H and O–H groups in total. The van der Waals surface area contributed by atoms with Crippen molar-refractivity contribution in [1.29, 1.82) is 0 Å². The Kier molecular flexibility index (Phi) is 12.4. The molecule has 1 unspecified atom stereocenters. The molecule has 1 nitrogen and oxygen atoms in total. The van der Waals surface area contributed by atoms with Crippen molar-refractivity contribution in [2.75, 3.05) is 4.90 Å². The molecule has 8 aromatic rings. The predicted octanol–water partition coefficient (Wildman–Crippen LogP) is 17.0. The molecule has 9 rings (SSSR count). The number of hydrogen-bond donors (Lipinski definition) is 0. The van der Waals surface area contributed by atoms with Crippen molar-refractivity contribution < 1.29 is 0 Å². The molecule has 0 radical (unpaired) electrons. The highest BCUT2D eigenvalue weighted by molar-refractivity contribution is 8.00. The smallest absolute Gasteiger partial charge is 0.0462 e. The number of fused-ring (bicyclic) bond motifs is 1. The van der Waals surface area contributed by atoms with Crippen LogP contribution in [-0.4, -0.2) is 5.25 Å². The highest BCUT2D eigenvalue weighted by atomic mass is 32.2. The molecule has 0 bridgehead atoms. The molecule has 0 saturated heterocycles. The van der Waals surface area contributed by atoms with Gasteiger partial charge in [0.2, 0.25) is 0 Å². The third kappa shape index (κ3) is 9.27. The van der Waals surface area contributed by atoms with Gasteiger partial charge in [0.05, 0.1) is 0 Å². The fourth-order valence-corrected chi connectivity index (χ4v) is 9.31. The lowest BCUT2D eigenvalue weighted by molar-refractivity contribution is 1.17. The summed E-state index contributed by atoms with van der Waals surface area (Å²) in [6, 6.07) is 70.3. The molecule has 1 aliphatic rings. The van der Waals surface area contributed by atoms with Crippen LogP contribution in [0.15, 0.2) is 235 Å². The minimum Gasteiger partial charge on any atom is -0.311 e. The molecule has 1 atom stereocenters. The molecule has 1 heterocycles. The standard InChI is InChI=1S/C60H49NS/c1-44-17-12-13-19-46(44)20-14-15-26-54-43-53(35-42-58(54)50-23-9-5-10-24-50)49-31-38-56(39-32-49)61(55-36-29-48(30-37-55)47-21-7-4-8-22-47)57-40-33-51(34-41-57)59-28-16-27-52-25-11-3-6-18-45(2)62-60(52)59/h3-24,26-43,45H,25H2,1-2H3/b11-3-,18-6-,20-14-,26-15+. The van der Waals surface area contributed by atoms with Gasteiger partial charge in [-0.2, -0.15) is 0 Å². The first-order chi connectivity index (χ1) is 30.6. The van der Waals surface area contributed by atoms with Crippen LogP contribution in [0.5, 0.6) is 0 Å². The van der Waals surface area contributed by atoms with Crippen molar-refractivity contribution in [1.82, 2.24) is 0 Å². The molecule has 62 heavy (non-hydrogen) atoms. The Morgan fingerprint density at radius 1 is 0.468 bits per heavy atom. The Morgan fingerprint density at radius 2 is 1.00 bits per heavy atom. The number of benzene rings is 8. The molecule has 0 fully saturated rings. The molecule has 0 aromatic heterocycles. The largest absolute Gasteiger partial charge is 0.311 e. The summed E-state index contributed by atoms with van der Waals surface area (Å²) in [5.41, 5.74) is 18.0. The second-order valence-corrected chi connectivity index (χ2v) is 17.1. The molecule has 8 aromatic carbocycles. The quantitative estimate of drug-likeness (QED) is 0.127.